The van der Waals surface area contributed by atoms with Crippen LogP contribution in [0.4, 0.5) is 17.1 Å². The van der Waals surface area contributed by atoms with Gasteiger partial charge in [-0.3, -0.25) is 4.79 Å². The van der Waals surface area contributed by atoms with Crippen molar-refractivity contribution in [3.63, 3.8) is 0 Å². The van der Waals surface area contributed by atoms with Crippen molar-refractivity contribution in [1.82, 2.24) is 4.31 Å². The maximum absolute atomic E-state index is 12.7. The summed E-state index contributed by atoms with van der Waals surface area (Å²) in [5.74, 6) is -0.371. The van der Waals surface area contributed by atoms with Gasteiger partial charge in [0.15, 0.2) is 0 Å². The van der Waals surface area contributed by atoms with Crippen molar-refractivity contribution in [3.05, 3.63) is 83.4 Å². The van der Waals surface area contributed by atoms with Gasteiger partial charge >= 0.3 is 0 Å². The number of aryl methyl sites for hydroxylation is 2. The number of benzene rings is 3. The maximum Gasteiger partial charge on any atom is 0.255 e. The summed E-state index contributed by atoms with van der Waals surface area (Å²) in [5.41, 5.74) is 4.19. The van der Waals surface area contributed by atoms with Crippen molar-refractivity contribution in [2.75, 3.05) is 19.4 Å². The van der Waals surface area contributed by atoms with E-state index in [9.17, 15) is 13.2 Å². The highest BCUT2D eigenvalue weighted by Gasteiger charge is 2.18. The van der Waals surface area contributed by atoms with Gasteiger partial charge in [0.2, 0.25) is 10.0 Å². The predicted octanol–water partition coefficient (Wildman–Crippen LogP) is 5.22. The van der Waals surface area contributed by atoms with Crippen molar-refractivity contribution in [2.45, 2.75) is 18.7 Å². The first kappa shape index (κ1) is 22.3. The fourth-order valence-corrected chi connectivity index (χ4v) is 3.64. The van der Waals surface area contributed by atoms with Crippen molar-refractivity contribution in [3.8, 4) is 0 Å². The lowest BCUT2D eigenvalue weighted by molar-refractivity contribution is 0.102. The Labute approximate surface area is 182 Å². The molecule has 0 fully saturated rings. The molecule has 160 valence electrons. The topological polar surface area (TPSA) is 91.2 Å². The third kappa shape index (κ3) is 5.42. The van der Waals surface area contributed by atoms with Crippen LogP contribution in [0, 0.1) is 13.8 Å². The molecule has 0 radical (unpaired) electrons. The summed E-state index contributed by atoms with van der Waals surface area (Å²) in [6.07, 6.45) is 0. The van der Waals surface area contributed by atoms with E-state index in [0.29, 0.717) is 22.6 Å². The number of rotatable bonds is 6. The number of carbonyl (C=O) groups excluding carboxylic acids is 1. The smallest absolute Gasteiger partial charge is 0.255 e. The van der Waals surface area contributed by atoms with Crippen molar-refractivity contribution in [2.24, 2.45) is 10.2 Å². The third-order valence-electron chi connectivity index (χ3n) is 4.60. The second-order valence-electron chi connectivity index (χ2n) is 7.32. The van der Waals surface area contributed by atoms with E-state index in [1.807, 2.05) is 50.2 Å². The largest absolute Gasteiger partial charge is 0.320 e. The summed E-state index contributed by atoms with van der Waals surface area (Å²) in [6.45, 7) is 3.93. The SMILES string of the molecule is Cc1ccc(N=Nc2cc(C)ccc2NC(=O)c2ccc(S(=O)(=O)N(C)C)cc2)cc1. The molecule has 0 aliphatic heterocycles. The van der Waals surface area contributed by atoms with Gasteiger partial charge in [0.1, 0.15) is 5.69 Å². The van der Waals surface area contributed by atoms with E-state index in [-0.39, 0.29) is 10.8 Å². The molecule has 1 amide bonds. The molecule has 0 unspecified atom stereocenters. The summed E-state index contributed by atoms with van der Waals surface area (Å²) in [6, 6.07) is 18.9. The lowest BCUT2D eigenvalue weighted by Gasteiger charge is -2.12. The van der Waals surface area contributed by atoms with E-state index in [1.54, 1.807) is 6.07 Å². The van der Waals surface area contributed by atoms with Gasteiger partial charge in [-0.15, -0.1) is 5.11 Å². The van der Waals surface area contributed by atoms with Gasteiger partial charge in [0, 0.05) is 19.7 Å². The highest BCUT2D eigenvalue weighted by atomic mass is 32.2. The van der Waals surface area contributed by atoms with Gasteiger partial charge in [-0.25, -0.2) is 12.7 Å². The van der Waals surface area contributed by atoms with Crippen LogP contribution < -0.4 is 5.32 Å². The standard InChI is InChI=1S/C23H24N4O3S/c1-16-5-10-19(11-6-16)25-26-22-15-17(2)7-14-21(22)24-23(28)18-8-12-20(13-9-18)31(29,30)27(3)4/h5-15H,1-4H3,(H,24,28). The lowest BCUT2D eigenvalue weighted by Crippen LogP contribution is -2.22. The number of azo groups is 1. The van der Waals surface area contributed by atoms with Crippen molar-refractivity contribution in [1.29, 1.82) is 0 Å². The van der Waals surface area contributed by atoms with Crippen LogP contribution in [-0.4, -0.2) is 32.7 Å². The monoisotopic (exact) mass is 436 g/mol. The molecule has 0 aliphatic carbocycles. The molecule has 0 saturated heterocycles. The summed E-state index contributed by atoms with van der Waals surface area (Å²) in [7, 11) is -0.635. The first-order valence-corrected chi connectivity index (χ1v) is 11.0. The molecule has 0 saturated carbocycles. The highest BCUT2D eigenvalue weighted by molar-refractivity contribution is 7.89. The number of anilines is 1. The van der Waals surface area contributed by atoms with Gasteiger partial charge < -0.3 is 5.32 Å². The van der Waals surface area contributed by atoms with E-state index in [2.05, 4.69) is 15.5 Å². The van der Waals surface area contributed by atoms with E-state index in [0.717, 1.165) is 15.4 Å². The molecule has 7 nitrogen and oxygen atoms in total. The molecular formula is C23H24N4O3S. The van der Waals surface area contributed by atoms with Crippen molar-refractivity contribution < 1.29 is 13.2 Å². The van der Waals surface area contributed by atoms with Gasteiger partial charge in [-0.1, -0.05) is 23.8 Å². The zero-order valence-electron chi connectivity index (χ0n) is 17.8. The van der Waals surface area contributed by atoms with Crippen LogP contribution in [0.1, 0.15) is 21.5 Å². The van der Waals surface area contributed by atoms with Crippen LogP contribution in [0.5, 0.6) is 0 Å². The fraction of sp³-hybridized carbons (Fsp3) is 0.174. The quantitative estimate of drug-likeness (QED) is 0.537. The van der Waals surface area contributed by atoms with Crippen LogP contribution >= 0.6 is 0 Å². The number of sulfonamides is 1. The average molecular weight is 437 g/mol. The Hall–Kier alpha value is -3.36. The Morgan fingerprint density at radius 2 is 1.45 bits per heavy atom. The van der Waals surface area contributed by atoms with Gasteiger partial charge in [-0.05, 0) is 67.9 Å². The molecule has 31 heavy (non-hydrogen) atoms. The minimum Gasteiger partial charge on any atom is -0.320 e. The zero-order chi connectivity index (χ0) is 22.6. The molecule has 3 rings (SSSR count). The van der Waals surface area contributed by atoms with Crippen LogP contribution in [0.15, 0.2) is 81.9 Å². The maximum atomic E-state index is 12.7. The summed E-state index contributed by atoms with van der Waals surface area (Å²) < 4.78 is 25.5. The molecule has 0 aliphatic rings. The van der Waals surface area contributed by atoms with E-state index in [4.69, 9.17) is 0 Å². The number of amides is 1. The van der Waals surface area contributed by atoms with Gasteiger partial charge in [-0.2, -0.15) is 5.11 Å². The molecule has 0 atom stereocenters. The zero-order valence-corrected chi connectivity index (χ0v) is 18.6. The molecular weight excluding hydrogens is 412 g/mol. The highest BCUT2D eigenvalue weighted by Crippen LogP contribution is 2.29. The molecule has 3 aromatic rings. The first-order chi connectivity index (χ1) is 14.7. The van der Waals surface area contributed by atoms with Crippen LogP contribution in [0.2, 0.25) is 0 Å². The number of hydrogen-bond donors (Lipinski definition) is 1. The lowest BCUT2D eigenvalue weighted by atomic mass is 10.1. The molecule has 0 heterocycles. The summed E-state index contributed by atoms with van der Waals surface area (Å²) in [4.78, 5) is 12.8. The molecule has 8 heteroatoms. The molecule has 0 spiro atoms. The third-order valence-corrected chi connectivity index (χ3v) is 6.43. The van der Waals surface area contributed by atoms with Crippen molar-refractivity contribution >= 4 is 33.0 Å². The Bertz CT molecular complexity index is 1220. The first-order valence-electron chi connectivity index (χ1n) is 9.60. The van der Waals surface area contributed by atoms with Crippen LogP contribution in [-0.2, 0) is 10.0 Å². The number of nitrogens with zero attached hydrogens (tertiary/aromatic N) is 3. The van der Waals surface area contributed by atoms with E-state index < -0.39 is 10.0 Å². The minimum atomic E-state index is -3.55. The molecule has 3 aromatic carbocycles. The normalized spacial score (nSPS) is 11.8. The van der Waals surface area contributed by atoms with E-state index >= 15 is 0 Å². The molecule has 0 aromatic heterocycles. The second-order valence-corrected chi connectivity index (χ2v) is 9.47. The fourth-order valence-electron chi connectivity index (χ4n) is 2.74. The second kappa shape index (κ2) is 9.20. The number of hydrogen-bond acceptors (Lipinski definition) is 5. The molecule has 0 bridgehead atoms. The Kier molecular flexibility index (Phi) is 6.62. The number of carbonyl (C=O) groups is 1. The Balaban J connectivity index is 1.82. The Morgan fingerprint density at radius 1 is 0.839 bits per heavy atom. The molecule has 1 N–H and O–H groups in total. The van der Waals surface area contributed by atoms with Gasteiger partial charge in [0.25, 0.3) is 5.91 Å². The predicted molar refractivity (Wildman–Crippen MR) is 122 cm³/mol. The number of nitrogens with one attached hydrogen (secondary N) is 1. The Morgan fingerprint density at radius 3 is 2.06 bits per heavy atom. The minimum absolute atomic E-state index is 0.122. The summed E-state index contributed by atoms with van der Waals surface area (Å²) >= 11 is 0. The van der Waals surface area contributed by atoms with Crippen LogP contribution in [0.25, 0.3) is 0 Å². The van der Waals surface area contributed by atoms with E-state index in [1.165, 1.54) is 38.4 Å². The average Bonchev–Trinajstić information content (AvgIpc) is 2.75. The van der Waals surface area contributed by atoms with Gasteiger partial charge in [0.05, 0.1) is 16.3 Å². The summed E-state index contributed by atoms with van der Waals surface area (Å²) in [5, 5.41) is 11.4. The van der Waals surface area contributed by atoms with Crippen LogP contribution in [0.3, 0.4) is 0 Å².